The maximum Gasteiger partial charge on any atom is 0.223 e. The number of benzene rings is 1. The van der Waals surface area contributed by atoms with Gasteiger partial charge in [0.05, 0.1) is 19.1 Å². The van der Waals surface area contributed by atoms with Crippen molar-refractivity contribution in [3.63, 3.8) is 0 Å². The standard InChI is InChI=1S/C14H17N3O2S/c1-10(14-16-6-8-20-14)17-13(18)5-7-19-12-4-2-3-11(15)9-12/h2-4,6,8-10H,5,7,15H2,1H3,(H,17,18). The predicted molar refractivity (Wildman–Crippen MR) is 79.6 cm³/mol. The molecular formula is C14H17N3O2S. The maximum atomic E-state index is 11.8. The zero-order valence-corrected chi connectivity index (χ0v) is 12.0. The highest BCUT2D eigenvalue weighted by molar-refractivity contribution is 7.09. The van der Waals surface area contributed by atoms with Gasteiger partial charge in [0, 0.05) is 23.3 Å². The lowest BCUT2D eigenvalue weighted by molar-refractivity contribution is -0.122. The second-order valence-electron chi connectivity index (χ2n) is 4.33. The Bertz CT molecular complexity index is 557. The van der Waals surface area contributed by atoms with Gasteiger partial charge in [-0.2, -0.15) is 0 Å². The number of carbonyl (C=O) groups excluding carboxylic acids is 1. The lowest BCUT2D eigenvalue weighted by Crippen LogP contribution is -2.27. The molecule has 2 aromatic rings. The summed E-state index contributed by atoms with van der Waals surface area (Å²) in [5, 5.41) is 5.67. The van der Waals surface area contributed by atoms with Crippen LogP contribution in [0.2, 0.25) is 0 Å². The normalized spacial score (nSPS) is 11.8. The minimum Gasteiger partial charge on any atom is -0.493 e. The van der Waals surface area contributed by atoms with Crippen molar-refractivity contribution < 1.29 is 9.53 Å². The smallest absolute Gasteiger partial charge is 0.223 e. The number of aromatic nitrogens is 1. The number of nitrogens with zero attached hydrogens (tertiary/aromatic N) is 1. The van der Waals surface area contributed by atoms with E-state index in [9.17, 15) is 4.79 Å². The highest BCUT2D eigenvalue weighted by Gasteiger charge is 2.11. The zero-order chi connectivity index (χ0) is 14.4. The number of carbonyl (C=O) groups is 1. The molecule has 0 saturated carbocycles. The fourth-order valence-electron chi connectivity index (χ4n) is 1.69. The van der Waals surface area contributed by atoms with Crippen LogP contribution >= 0.6 is 11.3 Å². The van der Waals surface area contributed by atoms with E-state index in [0.29, 0.717) is 24.5 Å². The van der Waals surface area contributed by atoms with E-state index in [-0.39, 0.29) is 11.9 Å². The van der Waals surface area contributed by atoms with Crippen molar-refractivity contribution in [3.8, 4) is 5.75 Å². The summed E-state index contributed by atoms with van der Waals surface area (Å²) in [7, 11) is 0. The molecule has 1 atom stereocenters. The number of anilines is 1. The quantitative estimate of drug-likeness (QED) is 0.801. The first-order chi connectivity index (χ1) is 9.65. The van der Waals surface area contributed by atoms with E-state index in [2.05, 4.69) is 10.3 Å². The molecule has 5 nitrogen and oxygen atoms in total. The summed E-state index contributed by atoms with van der Waals surface area (Å²) >= 11 is 1.52. The second-order valence-corrected chi connectivity index (χ2v) is 5.26. The molecular weight excluding hydrogens is 274 g/mol. The monoisotopic (exact) mass is 291 g/mol. The number of nitrogens with two attached hydrogens (primary N) is 1. The van der Waals surface area contributed by atoms with E-state index < -0.39 is 0 Å². The molecule has 20 heavy (non-hydrogen) atoms. The average molecular weight is 291 g/mol. The molecule has 6 heteroatoms. The summed E-state index contributed by atoms with van der Waals surface area (Å²) in [5.41, 5.74) is 6.29. The Morgan fingerprint density at radius 1 is 1.55 bits per heavy atom. The van der Waals surface area contributed by atoms with E-state index in [0.717, 1.165) is 5.01 Å². The minimum absolute atomic E-state index is 0.0587. The van der Waals surface area contributed by atoms with Gasteiger partial charge in [0.1, 0.15) is 10.8 Å². The van der Waals surface area contributed by atoms with Crippen molar-refractivity contribution in [3.05, 3.63) is 40.8 Å². The van der Waals surface area contributed by atoms with Crippen LogP contribution in [0.15, 0.2) is 35.8 Å². The van der Waals surface area contributed by atoms with Crippen molar-refractivity contribution in [2.45, 2.75) is 19.4 Å². The highest BCUT2D eigenvalue weighted by Crippen LogP contribution is 2.16. The summed E-state index contributed by atoms with van der Waals surface area (Å²) < 4.78 is 5.48. The molecule has 0 saturated heterocycles. The van der Waals surface area contributed by atoms with Crippen molar-refractivity contribution >= 4 is 22.9 Å². The van der Waals surface area contributed by atoms with Crippen LogP contribution in [0, 0.1) is 0 Å². The lowest BCUT2D eigenvalue weighted by Gasteiger charge is -2.11. The molecule has 0 aliphatic rings. The van der Waals surface area contributed by atoms with Crippen LogP contribution < -0.4 is 15.8 Å². The fourth-order valence-corrected chi connectivity index (χ4v) is 2.34. The lowest BCUT2D eigenvalue weighted by atomic mass is 10.3. The molecule has 0 fully saturated rings. The van der Waals surface area contributed by atoms with Crippen LogP contribution in [0.3, 0.4) is 0 Å². The van der Waals surface area contributed by atoms with Gasteiger partial charge in [-0.05, 0) is 19.1 Å². The molecule has 0 bridgehead atoms. The number of rotatable bonds is 6. The van der Waals surface area contributed by atoms with Gasteiger partial charge < -0.3 is 15.8 Å². The minimum atomic E-state index is -0.0742. The van der Waals surface area contributed by atoms with Crippen molar-refractivity contribution in [1.82, 2.24) is 10.3 Å². The second kappa shape index (κ2) is 6.91. The van der Waals surface area contributed by atoms with Gasteiger partial charge in [0.15, 0.2) is 0 Å². The summed E-state index contributed by atoms with van der Waals surface area (Å²) in [4.78, 5) is 15.9. The van der Waals surface area contributed by atoms with Crippen LogP contribution in [0.5, 0.6) is 5.75 Å². The van der Waals surface area contributed by atoms with Crippen molar-refractivity contribution in [2.75, 3.05) is 12.3 Å². The van der Waals surface area contributed by atoms with Crippen LogP contribution in [0.25, 0.3) is 0 Å². The summed E-state index contributed by atoms with van der Waals surface area (Å²) in [6.45, 7) is 2.23. The molecule has 1 unspecified atom stereocenters. The first-order valence-corrected chi connectivity index (χ1v) is 7.20. The first kappa shape index (κ1) is 14.3. The number of nitrogens with one attached hydrogen (secondary N) is 1. The molecule has 1 aromatic heterocycles. The third-order valence-electron chi connectivity index (χ3n) is 2.66. The third kappa shape index (κ3) is 4.24. The van der Waals surface area contributed by atoms with Crippen LogP contribution in [0.4, 0.5) is 5.69 Å². The van der Waals surface area contributed by atoms with Crippen molar-refractivity contribution in [2.24, 2.45) is 0 Å². The molecule has 1 amide bonds. The van der Waals surface area contributed by atoms with Crippen LogP contribution in [-0.4, -0.2) is 17.5 Å². The Morgan fingerprint density at radius 3 is 3.10 bits per heavy atom. The van der Waals surface area contributed by atoms with Crippen molar-refractivity contribution in [1.29, 1.82) is 0 Å². The average Bonchev–Trinajstić information content (AvgIpc) is 2.92. The van der Waals surface area contributed by atoms with Gasteiger partial charge in [0.2, 0.25) is 5.91 Å². The Morgan fingerprint density at radius 2 is 2.40 bits per heavy atom. The maximum absolute atomic E-state index is 11.8. The number of hydrogen-bond donors (Lipinski definition) is 2. The van der Waals surface area contributed by atoms with Crippen LogP contribution in [-0.2, 0) is 4.79 Å². The topological polar surface area (TPSA) is 77.2 Å². The number of thiazole rings is 1. The van der Waals surface area contributed by atoms with E-state index in [1.807, 2.05) is 24.4 Å². The molecule has 106 valence electrons. The molecule has 0 aliphatic heterocycles. The van der Waals surface area contributed by atoms with Gasteiger partial charge >= 0.3 is 0 Å². The third-order valence-corrected chi connectivity index (χ3v) is 3.61. The van der Waals surface area contributed by atoms with Gasteiger partial charge in [-0.15, -0.1) is 11.3 Å². The highest BCUT2D eigenvalue weighted by atomic mass is 32.1. The van der Waals surface area contributed by atoms with E-state index in [1.165, 1.54) is 11.3 Å². The summed E-state index contributed by atoms with van der Waals surface area (Å²) in [6.07, 6.45) is 2.02. The zero-order valence-electron chi connectivity index (χ0n) is 11.2. The number of nitrogen functional groups attached to an aromatic ring is 1. The van der Waals surface area contributed by atoms with E-state index in [1.54, 1.807) is 18.3 Å². The molecule has 3 N–H and O–H groups in total. The molecule has 1 heterocycles. The van der Waals surface area contributed by atoms with Crippen LogP contribution in [0.1, 0.15) is 24.4 Å². The Balaban J connectivity index is 1.73. The predicted octanol–water partition coefficient (Wildman–Crippen LogP) is 2.37. The van der Waals surface area contributed by atoms with Gasteiger partial charge in [-0.1, -0.05) is 6.07 Å². The molecule has 0 spiro atoms. The summed E-state index contributed by atoms with van der Waals surface area (Å²) in [5.74, 6) is 0.613. The summed E-state index contributed by atoms with van der Waals surface area (Å²) in [6, 6.07) is 7.07. The fraction of sp³-hybridized carbons (Fsp3) is 0.286. The number of hydrogen-bond acceptors (Lipinski definition) is 5. The first-order valence-electron chi connectivity index (χ1n) is 6.32. The Hall–Kier alpha value is -2.08. The molecule has 1 aromatic carbocycles. The van der Waals surface area contributed by atoms with Gasteiger partial charge in [0.25, 0.3) is 0 Å². The van der Waals surface area contributed by atoms with Gasteiger partial charge in [-0.3, -0.25) is 4.79 Å². The Kier molecular flexibility index (Phi) is 4.95. The molecule has 0 aliphatic carbocycles. The number of amides is 1. The van der Waals surface area contributed by atoms with E-state index in [4.69, 9.17) is 10.5 Å². The number of ether oxygens (including phenoxy) is 1. The van der Waals surface area contributed by atoms with Gasteiger partial charge in [-0.25, -0.2) is 4.98 Å². The Labute approximate surface area is 121 Å². The largest absolute Gasteiger partial charge is 0.493 e. The SMILES string of the molecule is CC(NC(=O)CCOc1cccc(N)c1)c1nccs1. The molecule has 2 rings (SSSR count). The molecule has 0 radical (unpaired) electrons. The van der Waals surface area contributed by atoms with E-state index >= 15 is 0 Å².